The minimum atomic E-state index is 0.675. The van der Waals surface area contributed by atoms with Gasteiger partial charge < -0.3 is 9.13 Å². The van der Waals surface area contributed by atoms with E-state index in [0.29, 0.717) is 13.1 Å². The largest absolute Gasteiger partial charge is 0.311 e. The lowest BCUT2D eigenvalue weighted by Crippen LogP contribution is -2.17. The second-order valence-electron chi connectivity index (χ2n) is 6.54. The fourth-order valence-corrected chi connectivity index (χ4v) is 4.93. The summed E-state index contributed by atoms with van der Waals surface area (Å²) in [6.45, 7) is 9.16. The van der Waals surface area contributed by atoms with Crippen molar-refractivity contribution in [3.05, 3.63) is 106 Å². The van der Waals surface area contributed by atoms with Crippen molar-refractivity contribution in [3.63, 3.8) is 0 Å². The van der Waals surface area contributed by atoms with E-state index in [9.17, 15) is 0 Å². The number of benzene rings is 2. The SMILES string of the molecule is C=CCn1c(-c2ccccc2)cs/c1=N\N=c1\scc(-c2ccccc2)n1CC=C. The summed E-state index contributed by atoms with van der Waals surface area (Å²) in [7, 11) is 0. The highest BCUT2D eigenvalue weighted by Crippen LogP contribution is 2.21. The molecule has 0 atom stereocenters. The first-order valence-electron chi connectivity index (χ1n) is 9.59. The summed E-state index contributed by atoms with van der Waals surface area (Å²) < 4.78 is 4.28. The van der Waals surface area contributed by atoms with Gasteiger partial charge in [-0.2, -0.15) is 0 Å². The van der Waals surface area contributed by atoms with E-state index >= 15 is 0 Å². The number of allylic oxidation sites excluding steroid dienone is 2. The molecule has 2 aromatic heterocycles. The first-order valence-corrected chi connectivity index (χ1v) is 11.3. The fourth-order valence-electron chi connectivity index (χ4n) is 3.19. The van der Waals surface area contributed by atoms with E-state index in [2.05, 4.69) is 67.5 Å². The molecular weight excluding hydrogens is 408 g/mol. The molecule has 0 saturated heterocycles. The molecule has 4 aromatic rings. The Kier molecular flexibility index (Phi) is 6.37. The number of aromatic nitrogens is 2. The standard InChI is InChI=1S/C24H22N4S2/c1-3-15-27-21(19-11-7-5-8-12-19)17-29-23(27)25-26-24-28(16-4-2)22(18-30-24)20-13-9-6-10-14-20/h3-14,17-18H,1-2,15-16H2/b25-23-,26-24+. The van der Waals surface area contributed by atoms with E-state index in [0.717, 1.165) is 32.1 Å². The second-order valence-corrected chi connectivity index (χ2v) is 8.21. The van der Waals surface area contributed by atoms with Crippen molar-refractivity contribution < 1.29 is 0 Å². The van der Waals surface area contributed by atoms with Gasteiger partial charge in [-0.3, -0.25) is 0 Å². The van der Waals surface area contributed by atoms with E-state index < -0.39 is 0 Å². The van der Waals surface area contributed by atoms with Crippen LogP contribution in [0.1, 0.15) is 0 Å². The zero-order valence-electron chi connectivity index (χ0n) is 16.5. The predicted octanol–water partition coefficient (Wildman–Crippen LogP) is 5.54. The van der Waals surface area contributed by atoms with Crippen molar-refractivity contribution >= 4 is 22.7 Å². The van der Waals surface area contributed by atoms with E-state index in [1.54, 1.807) is 22.7 Å². The molecule has 2 heterocycles. The maximum Gasteiger partial charge on any atom is 0.211 e. The van der Waals surface area contributed by atoms with E-state index in [1.165, 1.54) is 0 Å². The van der Waals surface area contributed by atoms with Crippen LogP contribution in [0.25, 0.3) is 22.5 Å². The van der Waals surface area contributed by atoms with Crippen LogP contribution in [0.2, 0.25) is 0 Å². The zero-order chi connectivity index (χ0) is 20.8. The lowest BCUT2D eigenvalue weighted by molar-refractivity contribution is 0.760. The van der Waals surface area contributed by atoms with Gasteiger partial charge in [0.1, 0.15) is 0 Å². The summed E-state index contributed by atoms with van der Waals surface area (Å²) >= 11 is 3.17. The summed E-state index contributed by atoms with van der Waals surface area (Å²) in [4.78, 5) is 1.68. The maximum absolute atomic E-state index is 4.61. The zero-order valence-corrected chi connectivity index (χ0v) is 18.1. The van der Waals surface area contributed by atoms with E-state index in [1.807, 2.05) is 48.6 Å². The molecule has 0 aliphatic rings. The topological polar surface area (TPSA) is 34.6 Å². The Labute approximate surface area is 183 Å². The average molecular weight is 431 g/mol. The fraction of sp³-hybridized carbons (Fsp3) is 0.0833. The smallest absolute Gasteiger partial charge is 0.211 e. The molecule has 2 aromatic carbocycles. The van der Waals surface area contributed by atoms with Crippen LogP contribution in [0.15, 0.2) is 107 Å². The predicted molar refractivity (Wildman–Crippen MR) is 127 cm³/mol. The molecule has 0 unspecified atom stereocenters. The third-order valence-electron chi connectivity index (χ3n) is 4.58. The van der Waals surface area contributed by atoms with Gasteiger partial charge in [-0.1, -0.05) is 72.8 Å². The number of hydrogen-bond donors (Lipinski definition) is 0. The van der Waals surface area contributed by atoms with Gasteiger partial charge in [-0.25, -0.2) is 0 Å². The highest BCUT2D eigenvalue weighted by Gasteiger charge is 2.08. The Morgan fingerprint density at radius 1 is 0.667 bits per heavy atom. The van der Waals surface area contributed by atoms with Crippen molar-refractivity contribution in [1.29, 1.82) is 0 Å². The maximum atomic E-state index is 4.61. The van der Waals surface area contributed by atoms with Crippen molar-refractivity contribution in [2.24, 2.45) is 10.2 Å². The highest BCUT2D eigenvalue weighted by atomic mass is 32.1. The lowest BCUT2D eigenvalue weighted by Gasteiger charge is -2.06. The monoisotopic (exact) mass is 430 g/mol. The van der Waals surface area contributed by atoms with Gasteiger partial charge in [-0.05, 0) is 11.1 Å². The van der Waals surface area contributed by atoms with Crippen LogP contribution in [-0.4, -0.2) is 9.13 Å². The van der Waals surface area contributed by atoms with Crippen LogP contribution in [0.4, 0.5) is 0 Å². The minimum absolute atomic E-state index is 0.675. The highest BCUT2D eigenvalue weighted by molar-refractivity contribution is 7.07. The molecule has 0 bridgehead atoms. The van der Waals surface area contributed by atoms with E-state index in [-0.39, 0.29) is 0 Å². The third kappa shape index (κ3) is 4.20. The average Bonchev–Trinajstić information content (AvgIpc) is 3.38. The molecule has 0 N–H and O–H groups in total. The van der Waals surface area contributed by atoms with Gasteiger partial charge in [0.05, 0.1) is 11.4 Å². The van der Waals surface area contributed by atoms with Crippen LogP contribution < -0.4 is 9.60 Å². The Hall–Kier alpha value is -3.22. The van der Waals surface area contributed by atoms with Crippen molar-refractivity contribution in [2.45, 2.75) is 13.1 Å². The Bertz CT molecular complexity index is 1170. The van der Waals surface area contributed by atoms with Gasteiger partial charge in [-0.15, -0.1) is 46.0 Å². The third-order valence-corrected chi connectivity index (χ3v) is 6.29. The van der Waals surface area contributed by atoms with Gasteiger partial charge in [0.15, 0.2) is 0 Å². The molecule has 4 rings (SSSR count). The van der Waals surface area contributed by atoms with Crippen LogP contribution in [0.5, 0.6) is 0 Å². The van der Waals surface area contributed by atoms with Gasteiger partial charge >= 0.3 is 0 Å². The number of hydrogen-bond acceptors (Lipinski definition) is 4. The first kappa shape index (κ1) is 20.1. The molecule has 0 aliphatic heterocycles. The molecule has 0 fully saturated rings. The van der Waals surface area contributed by atoms with Gasteiger partial charge in [0, 0.05) is 23.8 Å². The van der Waals surface area contributed by atoms with Crippen LogP contribution in [-0.2, 0) is 13.1 Å². The number of nitrogens with zero attached hydrogens (tertiary/aromatic N) is 4. The molecule has 0 spiro atoms. The normalized spacial score (nSPS) is 12.3. The summed E-state index contributed by atoms with van der Waals surface area (Å²) in [5, 5.41) is 13.4. The summed E-state index contributed by atoms with van der Waals surface area (Å²) in [5.74, 6) is 0. The summed E-state index contributed by atoms with van der Waals surface area (Å²) in [5.41, 5.74) is 4.54. The Morgan fingerprint density at radius 3 is 1.43 bits per heavy atom. The molecular formula is C24H22N4S2. The Balaban J connectivity index is 1.82. The molecule has 150 valence electrons. The van der Waals surface area contributed by atoms with Crippen molar-refractivity contribution in [3.8, 4) is 22.5 Å². The Morgan fingerprint density at radius 2 is 1.07 bits per heavy atom. The van der Waals surface area contributed by atoms with Crippen LogP contribution in [0, 0.1) is 0 Å². The molecule has 4 nitrogen and oxygen atoms in total. The summed E-state index contributed by atoms with van der Waals surface area (Å²) in [6, 6.07) is 20.6. The van der Waals surface area contributed by atoms with Crippen molar-refractivity contribution in [2.75, 3.05) is 0 Å². The van der Waals surface area contributed by atoms with Crippen LogP contribution >= 0.6 is 22.7 Å². The molecule has 6 heteroatoms. The summed E-state index contributed by atoms with van der Waals surface area (Å²) in [6.07, 6.45) is 3.77. The molecule has 0 aliphatic carbocycles. The van der Waals surface area contributed by atoms with Crippen molar-refractivity contribution in [1.82, 2.24) is 9.13 Å². The van der Waals surface area contributed by atoms with Gasteiger partial charge in [0.2, 0.25) is 9.60 Å². The first-order chi connectivity index (χ1) is 14.8. The molecule has 30 heavy (non-hydrogen) atoms. The molecule has 0 saturated carbocycles. The van der Waals surface area contributed by atoms with Gasteiger partial charge in [0.25, 0.3) is 0 Å². The second kappa shape index (κ2) is 9.52. The lowest BCUT2D eigenvalue weighted by atomic mass is 10.2. The number of thiazole rings is 2. The molecule has 0 amide bonds. The van der Waals surface area contributed by atoms with E-state index in [4.69, 9.17) is 0 Å². The number of rotatable bonds is 7. The quantitative estimate of drug-likeness (QED) is 0.273. The molecule has 0 radical (unpaired) electrons. The van der Waals surface area contributed by atoms with Crippen LogP contribution in [0.3, 0.4) is 0 Å². The minimum Gasteiger partial charge on any atom is -0.311 e.